The lowest BCUT2D eigenvalue weighted by molar-refractivity contribution is -0.143. The van der Waals surface area contributed by atoms with Gasteiger partial charge in [0.1, 0.15) is 0 Å². The van der Waals surface area contributed by atoms with Gasteiger partial charge < -0.3 is 11.1 Å². The molecule has 0 aromatic rings. The molecule has 0 rings (SSSR count). The van der Waals surface area contributed by atoms with E-state index in [9.17, 15) is 14.4 Å². The number of hydrogen-bond donors (Lipinski definition) is 2. The number of carbonyl (C=O) groups excluding carboxylic acids is 3. The zero-order chi connectivity index (χ0) is 19.9. The molecule has 0 aliphatic rings. The highest BCUT2D eigenvalue weighted by Gasteiger charge is 2.23. The molecule has 25 heavy (non-hydrogen) atoms. The van der Waals surface area contributed by atoms with Crippen LogP contribution in [-0.2, 0) is 14.4 Å². The molecule has 0 aromatic carbocycles. The fraction of sp³-hybridized carbons (Fsp3) is 0.833. The normalized spacial score (nSPS) is 12.4. The van der Waals surface area contributed by atoms with Crippen LogP contribution in [0.25, 0.3) is 0 Å². The van der Waals surface area contributed by atoms with Gasteiger partial charge in [-0.15, -0.1) is 11.8 Å². The van der Waals surface area contributed by atoms with E-state index in [1.165, 1.54) is 16.7 Å². The van der Waals surface area contributed by atoms with Gasteiger partial charge in [0, 0.05) is 26.4 Å². The van der Waals surface area contributed by atoms with Crippen molar-refractivity contribution in [3.8, 4) is 0 Å². The third-order valence-corrected chi connectivity index (χ3v) is 5.04. The van der Waals surface area contributed by atoms with Crippen LogP contribution in [0.4, 0.5) is 0 Å². The molecule has 3 amide bonds. The fourth-order valence-electron chi connectivity index (χ4n) is 1.84. The zero-order valence-electron chi connectivity index (χ0n) is 16.8. The van der Waals surface area contributed by atoms with Gasteiger partial charge >= 0.3 is 0 Å². The minimum atomic E-state index is -0.454. The van der Waals surface area contributed by atoms with Crippen molar-refractivity contribution in [2.45, 2.75) is 78.0 Å². The van der Waals surface area contributed by atoms with Gasteiger partial charge in [0.25, 0.3) is 0 Å². The van der Waals surface area contributed by atoms with Gasteiger partial charge in [-0.05, 0) is 26.2 Å². The Bertz CT molecular complexity index is 401. The van der Waals surface area contributed by atoms with Crippen LogP contribution >= 0.6 is 11.8 Å². The highest BCUT2D eigenvalue weighted by Crippen LogP contribution is 2.22. The Kier molecular flexibility index (Phi) is 15.9. The Labute approximate surface area is 157 Å². The molecule has 0 bridgehead atoms. The summed E-state index contributed by atoms with van der Waals surface area (Å²) in [6.45, 7) is 10.0. The standard InChI is InChI=1S/C16H31N3O3S.C2H6/c1-5-14(21)19(11-9-7-8-10-13(20)18-4)15(22)12-23-16(3,17)6-2;1-2/h5-12,17H2,1-4H3,(H,18,20);1-2H3. The van der Waals surface area contributed by atoms with E-state index in [1.54, 1.807) is 14.0 Å². The molecule has 0 saturated heterocycles. The predicted molar refractivity (Wildman–Crippen MR) is 106 cm³/mol. The first-order valence-corrected chi connectivity index (χ1v) is 10.2. The van der Waals surface area contributed by atoms with Crippen molar-refractivity contribution in [2.24, 2.45) is 5.73 Å². The summed E-state index contributed by atoms with van der Waals surface area (Å²) in [5.41, 5.74) is 6.02. The van der Waals surface area contributed by atoms with Crippen LogP contribution in [0.15, 0.2) is 0 Å². The number of amides is 3. The van der Waals surface area contributed by atoms with Crippen molar-refractivity contribution in [1.82, 2.24) is 10.2 Å². The quantitative estimate of drug-likeness (QED) is 0.428. The molecule has 3 N–H and O–H groups in total. The molecule has 148 valence electrons. The molecule has 6 nitrogen and oxygen atoms in total. The highest BCUT2D eigenvalue weighted by molar-refractivity contribution is 8.01. The molecule has 0 spiro atoms. The van der Waals surface area contributed by atoms with Gasteiger partial charge in [0.2, 0.25) is 17.7 Å². The SMILES string of the molecule is CC.CCC(=O)N(CCCCCC(=O)NC)C(=O)CSC(C)(N)CC. The minimum Gasteiger partial charge on any atom is -0.359 e. The van der Waals surface area contributed by atoms with Crippen molar-refractivity contribution >= 4 is 29.5 Å². The van der Waals surface area contributed by atoms with Gasteiger partial charge in [-0.25, -0.2) is 0 Å². The van der Waals surface area contributed by atoms with Gasteiger partial charge in [0.05, 0.1) is 10.6 Å². The first kappa shape index (κ1) is 26.2. The number of nitrogens with one attached hydrogen (secondary N) is 1. The van der Waals surface area contributed by atoms with E-state index in [1.807, 2.05) is 27.7 Å². The molecule has 0 aromatic heterocycles. The molecule has 0 saturated carbocycles. The Hall–Kier alpha value is -1.08. The number of imide groups is 1. The van der Waals surface area contributed by atoms with E-state index in [0.29, 0.717) is 25.8 Å². The number of hydrogen-bond acceptors (Lipinski definition) is 5. The number of rotatable bonds is 11. The molecule has 0 aliphatic heterocycles. The van der Waals surface area contributed by atoms with Crippen molar-refractivity contribution < 1.29 is 14.4 Å². The fourth-order valence-corrected chi connectivity index (χ4v) is 2.66. The molecule has 1 atom stereocenters. The summed E-state index contributed by atoms with van der Waals surface area (Å²) in [6.07, 6.45) is 3.82. The van der Waals surface area contributed by atoms with Crippen molar-refractivity contribution in [2.75, 3.05) is 19.3 Å². The van der Waals surface area contributed by atoms with Gasteiger partial charge in [-0.1, -0.05) is 34.1 Å². The molecular formula is C18H37N3O3S. The van der Waals surface area contributed by atoms with Crippen molar-refractivity contribution in [3.05, 3.63) is 0 Å². The summed E-state index contributed by atoms with van der Waals surface area (Å²) in [7, 11) is 1.61. The topological polar surface area (TPSA) is 92.5 Å². The predicted octanol–water partition coefficient (Wildman–Crippen LogP) is 2.90. The average Bonchev–Trinajstić information content (AvgIpc) is 2.63. The van der Waals surface area contributed by atoms with E-state index in [2.05, 4.69) is 5.32 Å². The average molecular weight is 376 g/mol. The smallest absolute Gasteiger partial charge is 0.239 e. The number of nitrogens with two attached hydrogens (primary N) is 1. The molecular weight excluding hydrogens is 338 g/mol. The van der Waals surface area contributed by atoms with E-state index < -0.39 is 4.87 Å². The van der Waals surface area contributed by atoms with Gasteiger partial charge in [-0.3, -0.25) is 19.3 Å². The van der Waals surface area contributed by atoms with Crippen LogP contribution in [-0.4, -0.2) is 46.8 Å². The number of carbonyl (C=O) groups is 3. The zero-order valence-corrected chi connectivity index (χ0v) is 17.6. The third-order valence-electron chi connectivity index (χ3n) is 3.70. The first-order valence-electron chi connectivity index (χ1n) is 9.24. The minimum absolute atomic E-state index is 0.0146. The highest BCUT2D eigenvalue weighted by atomic mass is 32.2. The maximum atomic E-state index is 12.3. The Morgan fingerprint density at radius 2 is 1.68 bits per heavy atom. The van der Waals surface area contributed by atoms with E-state index >= 15 is 0 Å². The van der Waals surface area contributed by atoms with Crippen LogP contribution in [0.1, 0.15) is 73.1 Å². The number of nitrogens with zero attached hydrogens (tertiary/aromatic N) is 1. The monoisotopic (exact) mass is 375 g/mol. The van der Waals surface area contributed by atoms with E-state index in [-0.39, 0.29) is 23.5 Å². The molecule has 0 radical (unpaired) electrons. The Morgan fingerprint density at radius 3 is 2.16 bits per heavy atom. The summed E-state index contributed by atoms with van der Waals surface area (Å²) in [5.74, 6) is -0.110. The summed E-state index contributed by atoms with van der Waals surface area (Å²) < 4.78 is 0. The lowest BCUT2D eigenvalue weighted by atomic mass is 10.1. The molecule has 7 heteroatoms. The van der Waals surface area contributed by atoms with Crippen LogP contribution in [0, 0.1) is 0 Å². The summed E-state index contributed by atoms with van der Waals surface area (Å²) in [5, 5.41) is 2.57. The molecule has 0 aliphatic carbocycles. The molecule has 0 fully saturated rings. The van der Waals surface area contributed by atoms with Crippen LogP contribution in [0.5, 0.6) is 0 Å². The second kappa shape index (κ2) is 15.2. The van der Waals surface area contributed by atoms with Crippen LogP contribution in [0.3, 0.4) is 0 Å². The maximum Gasteiger partial charge on any atom is 0.239 e. The van der Waals surface area contributed by atoms with E-state index in [0.717, 1.165) is 19.3 Å². The van der Waals surface area contributed by atoms with Gasteiger partial charge in [-0.2, -0.15) is 0 Å². The van der Waals surface area contributed by atoms with Crippen LogP contribution < -0.4 is 11.1 Å². The van der Waals surface area contributed by atoms with E-state index in [4.69, 9.17) is 5.73 Å². The van der Waals surface area contributed by atoms with Gasteiger partial charge in [0.15, 0.2) is 0 Å². The maximum absolute atomic E-state index is 12.3. The molecule has 0 heterocycles. The largest absolute Gasteiger partial charge is 0.359 e. The number of thioether (sulfide) groups is 1. The lowest BCUT2D eigenvalue weighted by Gasteiger charge is -2.25. The first-order chi connectivity index (χ1) is 11.8. The molecule has 1 unspecified atom stereocenters. The van der Waals surface area contributed by atoms with Crippen molar-refractivity contribution in [3.63, 3.8) is 0 Å². The number of unbranched alkanes of at least 4 members (excludes halogenated alkanes) is 2. The summed E-state index contributed by atoms with van der Waals surface area (Å²) in [6, 6.07) is 0. The van der Waals surface area contributed by atoms with Crippen LogP contribution in [0.2, 0.25) is 0 Å². The summed E-state index contributed by atoms with van der Waals surface area (Å²) in [4.78, 5) is 36.3. The summed E-state index contributed by atoms with van der Waals surface area (Å²) >= 11 is 1.38. The second-order valence-electron chi connectivity index (χ2n) is 5.73. The second-order valence-corrected chi connectivity index (χ2v) is 7.24. The Balaban J connectivity index is 0. The third kappa shape index (κ3) is 12.9. The lowest BCUT2D eigenvalue weighted by Crippen LogP contribution is -2.40. The Morgan fingerprint density at radius 1 is 1.08 bits per heavy atom. The van der Waals surface area contributed by atoms with Crippen molar-refractivity contribution in [1.29, 1.82) is 0 Å².